The van der Waals surface area contributed by atoms with Gasteiger partial charge in [0.1, 0.15) is 0 Å². The summed E-state index contributed by atoms with van der Waals surface area (Å²) in [7, 11) is 0. The number of allylic oxidation sites excluding steroid dienone is 1. The smallest absolute Gasteiger partial charge is 0.0984 e. The van der Waals surface area contributed by atoms with Crippen molar-refractivity contribution in [2.75, 3.05) is 6.54 Å². The zero-order chi connectivity index (χ0) is 5.82. The van der Waals surface area contributed by atoms with Gasteiger partial charge in [0.15, 0.2) is 0 Å². The molecule has 0 unspecified atom stereocenters. The molecule has 0 amide bonds. The molecule has 0 aromatic carbocycles. The fourth-order valence-electron chi connectivity index (χ4n) is 0.654. The van der Waals surface area contributed by atoms with E-state index in [-0.39, 0.29) is 0 Å². The number of rotatable bonds is 0. The van der Waals surface area contributed by atoms with Crippen LogP contribution in [0.5, 0.6) is 0 Å². The van der Waals surface area contributed by atoms with E-state index in [0.29, 0.717) is 0 Å². The minimum atomic E-state index is 0.830. The first kappa shape index (κ1) is 5.22. The molecule has 1 rings (SSSR count). The largest absolute Gasteiger partial charge is 0.514 e. The third kappa shape index (κ3) is 1.03. The highest BCUT2D eigenvalue weighted by Crippen LogP contribution is 2.00. The summed E-state index contributed by atoms with van der Waals surface area (Å²) in [5.41, 5.74) is 0.896. The lowest BCUT2D eigenvalue weighted by Gasteiger charge is -2.08. The molecule has 0 bridgehead atoms. The molecule has 44 valence electrons. The van der Waals surface area contributed by atoms with Crippen molar-refractivity contribution in [2.45, 2.75) is 6.42 Å². The van der Waals surface area contributed by atoms with Crippen molar-refractivity contribution in [3.63, 3.8) is 0 Å². The molecule has 0 fully saturated rings. The molecule has 2 heteroatoms. The van der Waals surface area contributed by atoms with E-state index in [2.05, 4.69) is 5.32 Å². The summed E-state index contributed by atoms with van der Waals surface area (Å²) in [6.45, 7) is 0.840. The fraction of sp³-hybridized carbons (Fsp3) is 0.333. The quantitative estimate of drug-likeness (QED) is 0.360. The Morgan fingerprint density at radius 3 is 2.88 bits per heavy atom. The van der Waals surface area contributed by atoms with Gasteiger partial charge in [0.2, 0.25) is 0 Å². The standard InChI is InChI=1S/C6H9NO/c8-5-6-3-1-2-4-7-6/h1-2,5,7-8H,3-4H2. The highest BCUT2D eigenvalue weighted by molar-refractivity contribution is 5.08. The van der Waals surface area contributed by atoms with Crippen LogP contribution < -0.4 is 5.32 Å². The van der Waals surface area contributed by atoms with Gasteiger partial charge in [-0.25, -0.2) is 0 Å². The summed E-state index contributed by atoms with van der Waals surface area (Å²) in [5, 5.41) is 11.4. The van der Waals surface area contributed by atoms with Crippen LogP contribution in [-0.4, -0.2) is 11.7 Å². The first-order valence-corrected chi connectivity index (χ1v) is 2.65. The number of hydrogen-bond donors (Lipinski definition) is 2. The molecule has 2 N–H and O–H groups in total. The molecule has 1 heterocycles. The molecule has 0 saturated carbocycles. The second kappa shape index (κ2) is 2.40. The van der Waals surface area contributed by atoms with Crippen LogP contribution in [0.2, 0.25) is 0 Å². The maximum Gasteiger partial charge on any atom is 0.0984 e. The molecule has 0 aromatic heterocycles. The van der Waals surface area contributed by atoms with Crippen molar-refractivity contribution in [2.24, 2.45) is 0 Å². The number of hydrogen-bond acceptors (Lipinski definition) is 2. The molecule has 0 atom stereocenters. The highest BCUT2D eigenvalue weighted by Gasteiger charge is 1.94. The Kier molecular flexibility index (Phi) is 1.57. The first-order valence-electron chi connectivity index (χ1n) is 2.65. The van der Waals surface area contributed by atoms with E-state index in [1.165, 1.54) is 0 Å². The molecule has 0 radical (unpaired) electrons. The average molecular weight is 111 g/mol. The van der Waals surface area contributed by atoms with Crippen LogP contribution in [0, 0.1) is 0 Å². The molecule has 1 aliphatic heterocycles. The van der Waals surface area contributed by atoms with Crippen LogP contribution in [-0.2, 0) is 0 Å². The SMILES string of the molecule is OC=C1CC=CCN1. The molecule has 8 heavy (non-hydrogen) atoms. The van der Waals surface area contributed by atoms with E-state index >= 15 is 0 Å². The van der Waals surface area contributed by atoms with Gasteiger partial charge in [0, 0.05) is 18.7 Å². The van der Waals surface area contributed by atoms with E-state index in [1.807, 2.05) is 12.2 Å². The summed E-state index contributed by atoms with van der Waals surface area (Å²) in [6.07, 6.45) is 6.01. The molecule has 2 nitrogen and oxygen atoms in total. The lowest BCUT2D eigenvalue weighted by atomic mass is 10.2. The van der Waals surface area contributed by atoms with Gasteiger partial charge in [-0.1, -0.05) is 12.2 Å². The molecule has 0 spiro atoms. The van der Waals surface area contributed by atoms with Crippen LogP contribution in [0.15, 0.2) is 24.1 Å². The van der Waals surface area contributed by atoms with Gasteiger partial charge in [-0.2, -0.15) is 0 Å². The van der Waals surface area contributed by atoms with Crippen molar-refractivity contribution in [3.8, 4) is 0 Å². The minimum absolute atomic E-state index is 0.830. The molecule has 0 saturated heterocycles. The maximum atomic E-state index is 8.43. The van der Waals surface area contributed by atoms with E-state index in [1.54, 1.807) is 0 Å². The Morgan fingerprint density at radius 1 is 1.62 bits per heavy atom. The van der Waals surface area contributed by atoms with Gasteiger partial charge in [-0.15, -0.1) is 0 Å². The molecular formula is C6H9NO. The van der Waals surface area contributed by atoms with Gasteiger partial charge in [-0.05, 0) is 0 Å². The van der Waals surface area contributed by atoms with Gasteiger partial charge in [-0.3, -0.25) is 0 Å². The van der Waals surface area contributed by atoms with Crippen LogP contribution in [0.25, 0.3) is 0 Å². The Labute approximate surface area is 48.5 Å². The Bertz CT molecular complexity index is 126. The van der Waals surface area contributed by atoms with Gasteiger partial charge >= 0.3 is 0 Å². The summed E-state index contributed by atoms with van der Waals surface area (Å²) in [6, 6.07) is 0. The van der Waals surface area contributed by atoms with Crippen LogP contribution in [0.4, 0.5) is 0 Å². The Morgan fingerprint density at radius 2 is 2.50 bits per heavy atom. The molecule has 0 aliphatic carbocycles. The minimum Gasteiger partial charge on any atom is -0.514 e. The lowest BCUT2D eigenvalue weighted by molar-refractivity contribution is 0.459. The number of nitrogens with one attached hydrogen (secondary N) is 1. The topological polar surface area (TPSA) is 32.3 Å². The van der Waals surface area contributed by atoms with Crippen molar-refractivity contribution in [1.29, 1.82) is 0 Å². The summed E-state index contributed by atoms with van der Waals surface area (Å²) in [4.78, 5) is 0. The van der Waals surface area contributed by atoms with Crippen LogP contribution in [0.3, 0.4) is 0 Å². The summed E-state index contributed by atoms with van der Waals surface area (Å²) < 4.78 is 0. The molecular weight excluding hydrogens is 102 g/mol. The van der Waals surface area contributed by atoms with Gasteiger partial charge in [0.05, 0.1) is 6.26 Å². The van der Waals surface area contributed by atoms with E-state index in [9.17, 15) is 0 Å². The predicted octanol–water partition coefficient (Wildman–Crippen LogP) is 0.935. The third-order valence-electron chi connectivity index (χ3n) is 1.11. The van der Waals surface area contributed by atoms with Gasteiger partial charge < -0.3 is 10.4 Å². The first-order chi connectivity index (χ1) is 3.93. The fourth-order valence-corrected chi connectivity index (χ4v) is 0.654. The summed E-state index contributed by atoms with van der Waals surface area (Å²) in [5.74, 6) is 0. The van der Waals surface area contributed by atoms with Crippen molar-refractivity contribution >= 4 is 0 Å². The van der Waals surface area contributed by atoms with Gasteiger partial charge in [0.25, 0.3) is 0 Å². The number of aliphatic hydroxyl groups is 1. The van der Waals surface area contributed by atoms with E-state index < -0.39 is 0 Å². The zero-order valence-corrected chi connectivity index (χ0v) is 4.59. The number of aliphatic hydroxyl groups excluding tert-OH is 1. The highest BCUT2D eigenvalue weighted by atomic mass is 16.2. The van der Waals surface area contributed by atoms with Crippen LogP contribution in [0.1, 0.15) is 6.42 Å². The normalized spacial score (nSPS) is 23.2. The van der Waals surface area contributed by atoms with E-state index in [0.717, 1.165) is 24.9 Å². The van der Waals surface area contributed by atoms with Crippen LogP contribution >= 0.6 is 0 Å². The Hall–Kier alpha value is -0.920. The molecule has 1 aliphatic rings. The zero-order valence-electron chi connectivity index (χ0n) is 4.59. The van der Waals surface area contributed by atoms with Crippen molar-refractivity contribution in [1.82, 2.24) is 5.32 Å². The molecule has 0 aromatic rings. The lowest BCUT2D eigenvalue weighted by Crippen LogP contribution is -2.15. The second-order valence-electron chi connectivity index (χ2n) is 1.71. The second-order valence-corrected chi connectivity index (χ2v) is 1.71. The van der Waals surface area contributed by atoms with E-state index in [4.69, 9.17) is 5.11 Å². The average Bonchev–Trinajstić information content (AvgIpc) is 1.90. The Balaban J connectivity index is 2.50. The predicted molar refractivity (Wildman–Crippen MR) is 32.5 cm³/mol. The monoisotopic (exact) mass is 111 g/mol. The third-order valence-corrected chi connectivity index (χ3v) is 1.11. The van der Waals surface area contributed by atoms with Crippen molar-refractivity contribution in [3.05, 3.63) is 24.1 Å². The summed E-state index contributed by atoms with van der Waals surface area (Å²) >= 11 is 0. The van der Waals surface area contributed by atoms with Crippen molar-refractivity contribution < 1.29 is 5.11 Å². The maximum absolute atomic E-state index is 8.43.